The first kappa shape index (κ1) is 22.4. The van der Waals surface area contributed by atoms with Crippen LogP contribution >= 0.6 is 0 Å². The van der Waals surface area contributed by atoms with Crippen LogP contribution in [0.4, 0.5) is 11.4 Å². The van der Waals surface area contributed by atoms with Gasteiger partial charge in [0, 0.05) is 23.4 Å². The minimum Gasteiger partial charge on any atom is -0.351 e. The molecule has 0 saturated carbocycles. The Morgan fingerprint density at radius 1 is 1.09 bits per heavy atom. The van der Waals surface area contributed by atoms with Crippen molar-refractivity contribution in [2.24, 2.45) is 0 Å². The number of hydrogen-bond donors (Lipinski definition) is 1. The first-order valence-corrected chi connectivity index (χ1v) is 10.5. The van der Waals surface area contributed by atoms with Gasteiger partial charge in [0.1, 0.15) is 12.2 Å². The molecule has 168 valence electrons. The topological polar surface area (TPSA) is 116 Å². The summed E-state index contributed by atoms with van der Waals surface area (Å²) in [5.74, 6) is -1.02. The second kappa shape index (κ2) is 9.38. The van der Waals surface area contributed by atoms with Crippen molar-refractivity contribution in [2.75, 3.05) is 11.9 Å². The van der Waals surface area contributed by atoms with E-state index in [0.717, 1.165) is 5.56 Å². The number of ketones is 1. The van der Waals surface area contributed by atoms with Crippen LogP contribution in [0.15, 0.2) is 90.1 Å². The van der Waals surface area contributed by atoms with Crippen LogP contribution in [0.5, 0.6) is 0 Å². The first-order chi connectivity index (χ1) is 16.4. The average molecular weight is 452 g/mol. The molecule has 8 nitrogen and oxygen atoms in total. The van der Waals surface area contributed by atoms with Crippen LogP contribution in [0.2, 0.25) is 0 Å². The molecule has 0 radical (unpaired) electrons. The summed E-state index contributed by atoms with van der Waals surface area (Å²) in [6, 6.07) is 22.8. The van der Waals surface area contributed by atoms with Crippen LogP contribution in [0.25, 0.3) is 0 Å². The quantitative estimate of drug-likeness (QED) is 0.243. The minimum absolute atomic E-state index is 0.0458. The van der Waals surface area contributed by atoms with Gasteiger partial charge in [-0.15, -0.1) is 0 Å². The van der Waals surface area contributed by atoms with E-state index in [1.807, 2.05) is 31.2 Å². The van der Waals surface area contributed by atoms with E-state index in [-0.39, 0.29) is 29.1 Å². The zero-order valence-corrected chi connectivity index (χ0v) is 18.3. The van der Waals surface area contributed by atoms with E-state index in [9.17, 15) is 25.0 Å². The number of aryl methyl sites for hydroxylation is 1. The van der Waals surface area contributed by atoms with Gasteiger partial charge in [-0.25, -0.2) is 0 Å². The molecule has 3 aromatic carbocycles. The Morgan fingerprint density at radius 2 is 1.79 bits per heavy atom. The predicted molar refractivity (Wildman–Crippen MR) is 126 cm³/mol. The van der Waals surface area contributed by atoms with E-state index in [4.69, 9.17) is 0 Å². The van der Waals surface area contributed by atoms with Gasteiger partial charge in [-0.05, 0) is 24.6 Å². The number of rotatable bonds is 7. The highest BCUT2D eigenvalue weighted by molar-refractivity contribution is 6.18. The normalized spacial score (nSPS) is 15.2. The number of nitro groups is 1. The molecule has 0 aliphatic carbocycles. The molecular weight excluding hydrogens is 432 g/mol. The van der Waals surface area contributed by atoms with Gasteiger partial charge >= 0.3 is 0 Å². The van der Waals surface area contributed by atoms with E-state index >= 15 is 0 Å². The van der Waals surface area contributed by atoms with E-state index in [0.29, 0.717) is 11.3 Å². The number of anilines is 1. The summed E-state index contributed by atoms with van der Waals surface area (Å²) in [6.45, 7) is 1.70. The maximum absolute atomic E-state index is 13.8. The van der Waals surface area contributed by atoms with Crippen molar-refractivity contribution in [3.8, 4) is 6.07 Å². The van der Waals surface area contributed by atoms with E-state index in [1.165, 1.54) is 29.2 Å². The Bertz CT molecular complexity index is 1340. The number of Topliss-reactive ketones (excluding diaryl/α,β-unsaturated/α-hetero) is 1. The molecule has 0 saturated heterocycles. The summed E-state index contributed by atoms with van der Waals surface area (Å²) in [4.78, 5) is 39.3. The van der Waals surface area contributed by atoms with Gasteiger partial charge in [0.15, 0.2) is 5.78 Å². The molecule has 1 unspecified atom stereocenters. The number of hydrogen-bond acceptors (Lipinski definition) is 6. The molecule has 0 spiro atoms. The van der Waals surface area contributed by atoms with Gasteiger partial charge in [0.2, 0.25) is 0 Å². The molecular formula is C26H20N4O4. The molecule has 1 amide bonds. The fraction of sp³-hybridized carbons (Fsp3) is 0.115. The predicted octanol–water partition coefficient (Wildman–Crippen LogP) is 4.56. The Balaban J connectivity index is 1.90. The van der Waals surface area contributed by atoms with Crippen molar-refractivity contribution in [1.29, 1.82) is 5.26 Å². The maximum Gasteiger partial charge on any atom is 0.272 e. The number of benzene rings is 3. The number of carbonyl (C=O) groups excluding carboxylic acids is 2. The molecule has 34 heavy (non-hydrogen) atoms. The third kappa shape index (κ3) is 4.27. The second-order valence-electron chi connectivity index (χ2n) is 7.82. The molecule has 3 aromatic rings. The smallest absolute Gasteiger partial charge is 0.272 e. The molecule has 0 fully saturated rings. The monoisotopic (exact) mass is 452 g/mol. The lowest BCUT2D eigenvalue weighted by molar-refractivity contribution is -0.384. The summed E-state index contributed by atoms with van der Waals surface area (Å²) < 4.78 is 0. The van der Waals surface area contributed by atoms with Crippen molar-refractivity contribution in [3.63, 3.8) is 0 Å². The van der Waals surface area contributed by atoms with Crippen LogP contribution in [-0.2, 0) is 4.79 Å². The Labute approximate surface area is 195 Å². The molecule has 4 rings (SSSR count). The van der Waals surface area contributed by atoms with Gasteiger partial charge in [-0.3, -0.25) is 19.7 Å². The molecule has 1 atom stereocenters. The van der Waals surface area contributed by atoms with Crippen molar-refractivity contribution in [3.05, 3.63) is 117 Å². The van der Waals surface area contributed by atoms with Gasteiger partial charge in [0.05, 0.1) is 22.6 Å². The van der Waals surface area contributed by atoms with Crippen molar-refractivity contribution in [2.45, 2.75) is 13.0 Å². The van der Waals surface area contributed by atoms with Crippen molar-refractivity contribution in [1.82, 2.24) is 4.90 Å². The SMILES string of the molecule is Cc1ccc(NC2=C(C(=O)c3cccc([N+](=O)[O-])c3)C(c3ccccc3)N(CC#N)C2=O)cc1. The van der Waals surface area contributed by atoms with Gasteiger partial charge in [-0.2, -0.15) is 5.26 Å². The van der Waals surface area contributed by atoms with E-state index in [2.05, 4.69) is 5.32 Å². The first-order valence-electron chi connectivity index (χ1n) is 10.5. The van der Waals surface area contributed by atoms with E-state index < -0.39 is 22.7 Å². The summed E-state index contributed by atoms with van der Waals surface area (Å²) in [6.07, 6.45) is 0. The standard InChI is InChI=1S/C26H20N4O4/c1-17-10-12-20(13-11-17)28-23-22(25(31)19-8-5-9-21(16-19)30(33)34)24(18-6-3-2-4-7-18)29(15-14-27)26(23)32/h2-13,16,24,28H,15H2,1H3. The fourth-order valence-electron chi connectivity index (χ4n) is 3.95. The zero-order chi connectivity index (χ0) is 24.2. The lowest BCUT2D eigenvalue weighted by atomic mass is 9.92. The molecule has 1 heterocycles. The Kier molecular flexibility index (Phi) is 6.19. The molecule has 1 N–H and O–H groups in total. The van der Waals surface area contributed by atoms with Crippen LogP contribution in [0.1, 0.15) is 27.5 Å². The van der Waals surface area contributed by atoms with Crippen LogP contribution < -0.4 is 5.32 Å². The number of nitriles is 1. The number of nitrogens with zero attached hydrogens (tertiary/aromatic N) is 3. The summed E-state index contributed by atoms with van der Waals surface area (Å²) in [7, 11) is 0. The molecule has 0 bridgehead atoms. The largest absolute Gasteiger partial charge is 0.351 e. The van der Waals surface area contributed by atoms with Crippen molar-refractivity contribution >= 4 is 23.1 Å². The molecule has 1 aliphatic rings. The van der Waals surface area contributed by atoms with Crippen LogP contribution in [-0.4, -0.2) is 28.1 Å². The summed E-state index contributed by atoms with van der Waals surface area (Å²) >= 11 is 0. The van der Waals surface area contributed by atoms with Gasteiger partial charge in [-0.1, -0.05) is 60.2 Å². The number of nitrogens with one attached hydrogen (secondary N) is 1. The van der Waals surface area contributed by atoms with Crippen molar-refractivity contribution < 1.29 is 14.5 Å². The Morgan fingerprint density at radius 3 is 2.44 bits per heavy atom. The maximum atomic E-state index is 13.8. The highest BCUT2D eigenvalue weighted by Gasteiger charge is 2.43. The number of amides is 1. The lowest BCUT2D eigenvalue weighted by Crippen LogP contribution is -2.32. The third-order valence-electron chi connectivity index (χ3n) is 5.57. The second-order valence-corrected chi connectivity index (χ2v) is 7.82. The average Bonchev–Trinajstić information content (AvgIpc) is 3.12. The number of nitro benzene ring substituents is 1. The summed E-state index contributed by atoms with van der Waals surface area (Å²) in [5, 5.41) is 23.8. The summed E-state index contributed by atoms with van der Waals surface area (Å²) in [5.41, 5.74) is 2.31. The highest BCUT2D eigenvalue weighted by atomic mass is 16.6. The van der Waals surface area contributed by atoms with Crippen LogP contribution in [0.3, 0.4) is 0 Å². The van der Waals surface area contributed by atoms with E-state index in [1.54, 1.807) is 36.4 Å². The van der Waals surface area contributed by atoms with Gasteiger partial charge < -0.3 is 10.2 Å². The Hall–Kier alpha value is -4.77. The molecule has 0 aromatic heterocycles. The highest BCUT2D eigenvalue weighted by Crippen LogP contribution is 2.40. The van der Waals surface area contributed by atoms with Gasteiger partial charge in [0.25, 0.3) is 11.6 Å². The van der Waals surface area contributed by atoms with Crippen LogP contribution in [0, 0.1) is 28.4 Å². The number of carbonyl (C=O) groups is 2. The molecule has 8 heteroatoms. The minimum atomic E-state index is -0.826. The molecule has 1 aliphatic heterocycles. The third-order valence-corrected chi connectivity index (χ3v) is 5.57. The fourth-order valence-corrected chi connectivity index (χ4v) is 3.95. The number of non-ortho nitro benzene ring substituents is 1. The zero-order valence-electron chi connectivity index (χ0n) is 18.3. The lowest BCUT2D eigenvalue weighted by Gasteiger charge is -2.24.